The summed E-state index contributed by atoms with van der Waals surface area (Å²) in [5.74, 6) is -0.695. The molecule has 0 aromatic rings. The Hall–Kier alpha value is -0.570. The van der Waals surface area contributed by atoms with Crippen molar-refractivity contribution in [3.63, 3.8) is 0 Å². The van der Waals surface area contributed by atoms with Crippen LogP contribution in [0.2, 0.25) is 0 Å². The number of rotatable bonds is 7. The number of nitrogens with one attached hydrogen (secondary N) is 1. The van der Waals surface area contributed by atoms with Gasteiger partial charge in [-0.05, 0) is 38.6 Å². The van der Waals surface area contributed by atoms with Gasteiger partial charge in [0.25, 0.3) is 0 Å². The Labute approximate surface area is 98.6 Å². The van der Waals surface area contributed by atoms with Gasteiger partial charge in [0.1, 0.15) is 0 Å². The molecule has 1 saturated carbocycles. The third kappa shape index (κ3) is 4.97. The molecule has 0 aromatic carbocycles. The summed E-state index contributed by atoms with van der Waals surface area (Å²) < 4.78 is 0. The van der Waals surface area contributed by atoms with Crippen molar-refractivity contribution in [1.29, 1.82) is 0 Å². The summed E-state index contributed by atoms with van der Waals surface area (Å²) in [4.78, 5) is 10.8. The van der Waals surface area contributed by atoms with Crippen molar-refractivity contribution in [2.75, 3.05) is 6.54 Å². The van der Waals surface area contributed by atoms with Crippen LogP contribution in [0.15, 0.2) is 0 Å². The van der Waals surface area contributed by atoms with Gasteiger partial charge >= 0.3 is 5.97 Å². The van der Waals surface area contributed by atoms with Crippen LogP contribution in [0.1, 0.15) is 58.3 Å². The van der Waals surface area contributed by atoms with Gasteiger partial charge in [-0.15, -0.1) is 0 Å². The lowest BCUT2D eigenvalue weighted by atomic mass is 9.86. The molecule has 0 amide bonds. The predicted octanol–water partition coefficient (Wildman–Crippen LogP) is 2.80. The highest BCUT2D eigenvalue weighted by Crippen LogP contribution is 2.24. The molecule has 1 fully saturated rings. The highest BCUT2D eigenvalue weighted by Gasteiger charge is 2.25. The molecule has 0 aliphatic heterocycles. The Morgan fingerprint density at radius 1 is 1.19 bits per heavy atom. The minimum absolute atomic E-state index is 0.0851. The quantitative estimate of drug-likeness (QED) is 0.657. The second-order valence-corrected chi connectivity index (χ2v) is 4.90. The third-order valence-corrected chi connectivity index (χ3v) is 3.54. The van der Waals surface area contributed by atoms with Gasteiger partial charge in [-0.3, -0.25) is 4.79 Å². The van der Waals surface area contributed by atoms with E-state index < -0.39 is 5.97 Å². The van der Waals surface area contributed by atoms with E-state index in [1.165, 1.54) is 25.7 Å². The maximum atomic E-state index is 10.8. The summed E-state index contributed by atoms with van der Waals surface area (Å²) in [5, 5.41) is 12.4. The number of carbonyl (C=O) groups is 1. The van der Waals surface area contributed by atoms with Gasteiger partial charge in [0.2, 0.25) is 0 Å². The number of carboxylic acid groups (broad SMARTS) is 1. The fourth-order valence-electron chi connectivity index (χ4n) is 2.40. The average molecular weight is 227 g/mol. The highest BCUT2D eigenvalue weighted by atomic mass is 16.4. The molecule has 3 nitrogen and oxygen atoms in total. The van der Waals surface area contributed by atoms with E-state index in [-0.39, 0.29) is 5.92 Å². The molecule has 94 valence electrons. The van der Waals surface area contributed by atoms with Crippen LogP contribution in [0.25, 0.3) is 0 Å². The minimum Gasteiger partial charge on any atom is -0.481 e. The summed E-state index contributed by atoms with van der Waals surface area (Å²) in [6.45, 7) is 3.32. The maximum Gasteiger partial charge on any atom is 0.306 e. The second-order valence-electron chi connectivity index (χ2n) is 4.90. The van der Waals surface area contributed by atoms with Crippen molar-refractivity contribution in [1.82, 2.24) is 5.32 Å². The van der Waals surface area contributed by atoms with Gasteiger partial charge in [0.05, 0.1) is 5.92 Å². The Bertz CT molecular complexity index is 198. The van der Waals surface area contributed by atoms with Gasteiger partial charge in [-0.1, -0.05) is 26.2 Å². The molecule has 2 N–H and O–H groups in total. The van der Waals surface area contributed by atoms with Crippen molar-refractivity contribution in [2.45, 2.75) is 64.3 Å². The minimum atomic E-state index is -0.610. The van der Waals surface area contributed by atoms with Crippen LogP contribution >= 0.6 is 0 Å². The smallest absolute Gasteiger partial charge is 0.306 e. The highest BCUT2D eigenvalue weighted by molar-refractivity contribution is 5.70. The first kappa shape index (κ1) is 13.5. The van der Waals surface area contributed by atoms with Crippen LogP contribution in [0.3, 0.4) is 0 Å². The molecule has 0 aromatic heterocycles. The molecule has 1 rings (SSSR count). The molecule has 0 bridgehead atoms. The SMILES string of the molecule is CCCCCCNC1CCC(C(=O)O)CC1. The molecular formula is C13H25NO2. The van der Waals surface area contributed by atoms with Crippen molar-refractivity contribution >= 4 is 5.97 Å². The van der Waals surface area contributed by atoms with Crippen molar-refractivity contribution in [3.05, 3.63) is 0 Å². The Balaban J connectivity index is 2.02. The zero-order valence-corrected chi connectivity index (χ0v) is 10.4. The van der Waals surface area contributed by atoms with E-state index in [9.17, 15) is 4.79 Å². The first-order valence-electron chi connectivity index (χ1n) is 6.70. The number of hydrogen-bond donors (Lipinski definition) is 2. The number of carboxylic acids is 1. The zero-order valence-electron chi connectivity index (χ0n) is 10.4. The molecule has 0 radical (unpaired) electrons. The van der Waals surface area contributed by atoms with Crippen LogP contribution in [-0.2, 0) is 4.79 Å². The van der Waals surface area contributed by atoms with Crippen LogP contribution in [0.5, 0.6) is 0 Å². The first-order chi connectivity index (χ1) is 7.74. The molecule has 3 heteroatoms. The second kappa shape index (κ2) is 7.66. The first-order valence-corrected chi connectivity index (χ1v) is 6.70. The summed E-state index contributed by atoms with van der Waals surface area (Å²) in [6.07, 6.45) is 8.94. The molecule has 0 atom stereocenters. The van der Waals surface area contributed by atoms with Crippen LogP contribution in [-0.4, -0.2) is 23.7 Å². The van der Waals surface area contributed by atoms with Crippen LogP contribution < -0.4 is 5.32 Å². The largest absolute Gasteiger partial charge is 0.481 e. The van der Waals surface area contributed by atoms with Crippen LogP contribution in [0.4, 0.5) is 0 Å². The third-order valence-electron chi connectivity index (χ3n) is 3.54. The van der Waals surface area contributed by atoms with Crippen molar-refractivity contribution < 1.29 is 9.90 Å². The van der Waals surface area contributed by atoms with Gasteiger partial charge in [0.15, 0.2) is 0 Å². The number of hydrogen-bond acceptors (Lipinski definition) is 2. The van der Waals surface area contributed by atoms with Crippen LogP contribution in [0, 0.1) is 5.92 Å². The Kier molecular flexibility index (Phi) is 6.46. The normalized spacial score (nSPS) is 25.6. The Morgan fingerprint density at radius 2 is 1.88 bits per heavy atom. The lowest BCUT2D eigenvalue weighted by Gasteiger charge is -2.26. The van der Waals surface area contributed by atoms with E-state index in [2.05, 4.69) is 12.2 Å². The van der Waals surface area contributed by atoms with E-state index in [0.29, 0.717) is 6.04 Å². The fraction of sp³-hybridized carbons (Fsp3) is 0.923. The lowest BCUT2D eigenvalue weighted by Crippen LogP contribution is -2.35. The molecule has 0 unspecified atom stereocenters. The van der Waals surface area contributed by atoms with E-state index in [4.69, 9.17) is 5.11 Å². The van der Waals surface area contributed by atoms with E-state index >= 15 is 0 Å². The predicted molar refractivity (Wildman–Crippen MR) is 65.5 cm³/mol. The fourth-order valence-corrected chi connectivity index (χ4v) is 2.40. The van der Waals surface area contributed by atoms with E-state index in [1.54, 1.807) is 0 Å². The van der Waals surface area contributed by atoms with Gasteiger partial charge in [-0.25, -0.2) is 0 Å². The van der Waals surface area contributed by atoms with Crippen molar-refractivity contribution in [2.24, 2.45) is 5.92 Å². The molecule has 1 aliphatic rings. The molecule has 0 heterocycles. The summed E-state index contributed by atoms with van der Waals surface area (Å²) in [7, 11) is 0. The average Bonchev–Trinajstić information content (AvgIpc) is 2.29. The zero-order chi connectivity index (χ0) is 11.8. The number of aliphatic carboxylic acids is 1. The lowest BCUT2D eigenvalue weighted by molar-refractivity contribution is -0.142. The van der Waals surface area contributed by atoms with E-state index in [1.807, 2.05) is 0 Å². The summed E-state index contributed by atoms with van der Waals surface area (Å²) >= 11 is 0. The van der Waals surface area contributed by atoms with Gasteiger partial charge < -0.3 is 10.4 Å². The van der Waals surface area contributed by atoms with E-state index in [0.717, 1.165) is 32.2 Å². The topological polar surface area (TPSA) is 49.3 Å². The van der Waals surface area contributed by atoms with Gasteiger partial charge in [-0.2, -0.15) is 0 Å². The molecule has 1 aliphatic carbocycles. The molecular weight excluding hydrogens is 202 g/mol. The molecule has 16 heavy (non-hydrogen) atoms. The maximum absolute atomic E-state index is 10.8. The Morgan fingerprint density at radius 3 is 2.44 bits per heavy atom. The molecule has 0 saturated heterocycles. The summed E-state index contributed by atoms with van der Waals surface area (Å²) in [5.41, 5.74) is 0. The number of unbranched alkanes of at least 4 members (excludes halogenated alkanes) is 3. The molecule has 0 spiro atoms. The van der Waals surface area contributed by atoms with Gasteiger partial charge in [0, 0.05) is 6.04 Å². The standard InChI is InChI=1S/C13H25NO2/c1-2-3-4-5-10-14-12-8-6-11(7-9-12)13(15)16/h11-12,14H,2-10H2,1H3,(H,15,16). The van der Waals surface area contributed by atoms with Crippen molar-refractivity contribution in [3.8, 4) is 0 Å². The monoisotopic (exact) mass is 227 g/mol. The summed E-state index contributed by atoms with van der Waals surface area (Å²) in [6, 6.07) is 0.567.